The van der Waals surface area contributed by atoms with Crippen molar-refractivity contribution < 1.29 is 4.79 Å². The third-order valence-corrected chi connectivity index (χ3v) is 2.65. The first-order valence-electron chi connectivity index (χ1n) is 6.76. The van der Waals surface area contributed by atoms with Gasteiger partial charge in [-0.2, -0.15) is 0 Å². The number of aromatic nitrogens is 1. The second-order valence-electron chi connectivity index (χ2n) is 4.77. The van der Waals surface area contributed by atoms with E-state index in [2.05, 4.69) is 34.6 Å². The lowest BCUT2D eigenvalue weighted by Crippen LogP contribution is -2.24. The van der Waals surface area contributed by atoms with E-state index in [1.165, 1.54) is 0 Å². The molecule has 0 saturated heterocycles. The molecular formula is C14H24N4O. The van der Waals surface area contributed by atoms with Gasteiger partial charge in [-0.05, 0) is 45.6 Å². The van der Waals surface area contributed by atoms with Gasteiger partial charge in [-0.1, -0.05) is 6.92 Å². The maximum absolute atomic E-state index is 11.8. The molecule has 0 aliphatic carbocycles. The Morgan fingerprint density at radius 1 is 1.37 bits per heavy atom. The molecule has 0 saturated carbocycles. The summed E-state index contributed by atoms with van der Waals surface area (Å²) in [5.74, 6) is 0.712. The van der Waals surface area contributed by atoms with Crippen molar-refractivity contribution in [2.24, 2.45) is 0 Å². The Labute approximate surface area is 115 Å². The molecule has 106 valence electrons. The third-order valence-electron chi connectivity index (χ3n) is 2.65. The molecule has 0 aliphatic heterocycles. The van der Waals surface area contributed by atoms with Gasteiger partial charge in [0.2, 0.25) is 0 Å². The Morgan fingerprint density at radius 2 is 2.16 bits per heavy atom. The number of amides is 1. The molecule has 0 aliphatic rings. The summed E-state index contributed by atoms with van der Waals surface area (Å²) in [6, 6.07) is 3.52. The highest BCUT2D eigenvalue weighted by Crippen LogP contribution is 2.06. The molecule has 0 bridgehead atoms. The van der Waals surface area contributed by atoms with Crippen molar-refractivity contribution in [1.82, 2.24) is 15.2 Å². The number of nitrogens with one attached hydrogen (secondary N) is 2. The Morgan fingerprint density at radius 3 is 2.84 bits per heavy atom. The van der Waals surface area contributed by atoms with Crippen LogP contribution in [-0.4, -0.2) is 49.5 Å². The van der Waals surface area contributed by atoms with Gasteiger partial charge in [0, 0.05) is 24.8 Å². The lowest BCUT2D eigenvalue weighted by Gasteiger charge is -2.10. The highest BCUT2D eigenvalue weighted by atomic mass is 16.1. The molecule has 1 heterocycles. The van der Waals surface area contributed by atoms with Crippen LogP contribution in [0.4, 0.5) is 5.82 Å². The molecule has 1 aromatic heterocycles. The largest absolute Gasteiger partial charge is 0.370 e. The van der Waals surface area contributed by atoms with Crippen LogP contribution >= 0.6 is 0 Å². The highest BCUT2D eigenvalue weighted by molar-refractivity contribution is 5.94. The lowest BCUT2D eigenvalue weighted by atomic mass is 10.2. The first-order valence-corrected chi connectivity index (χ1v) is 6.76. The van der Waals surface area contributed by atoms with Crippen molar-refractivity contribution in [3.8, 4) is 0 Å². The number of hydrogen-bond donors (Lipinski definition) is 2. The topological polar surface area (TPSA) is 57.3 Å². The Bertz CT molecular complexity index is 393. The highest BCUT2D eigenvalue weighted by Gasteiger charge is 2.05. The van der Waals surface area contributed by atoms with E-state index in [4.69, 9.17) is 0 Å². The molecule has 1 rings (SSSR count). The van der Waals surface area contributed by atoms with Gasteiger partial charge >= 0.3 is 0 Å². The molecule has 0 atom stereocenters. The summed E-state index contributed by atoms with van der Waals surface area (Å²) >= 11 is 0. The molecule has 1 aromatic rings. The molecule has 0 fully saturated rings. The second-order valence-corrected chi connectivity index (χ2v) is 4.77. The van der Waals surface area contributed by atoms with Crippen LogP contribution in [0.5, 0.6) is 0 Å². The monoisotopic (exact) mass is 264 g/mol. The molecule has 5 nitrogen and oxygen atoms in total. The van der Waals surface area contributed by atoms with Gasteiger partial charge in [0.15, 0.2) is 0 Å². The van der Waals surface area contributed by atoms with E-state index < -0.39 is 0 Å². The molecule has 0 unspecified atom stereocenters. The van der Waals surface area contributed by atoms with Gasteiger partial charge in [0.1, 0.15) is 5.82 Å². The van der Waals surface area contributed by atoms with Gasteiger partial charge in [-0.15, -0.1) is 0 Å². The third kappa shape index (κ3) is 6.20. The van der Waals surface area contributed by atoms with E-state index in [-0.39, 0.29) is 5.91 Å². The number of carbonyl (C=O) groups excluding carboxylic acids is 1. The minimum Gasteiger partial charge on any atom is -0.370 e. The van der Waals surface area contributed by atoms with Gasteiger partial charge in [-0.3, -0.25) is 4.79 Å². The summed E-state index contributed by atoms with van der Waals surface area (Å²) in [7, 11) is 4.11. The van der Waals surface area contributed by atoms with Gasteiger partial charge in [-0.25, -0.2) is 4.98 Å². The molecule has 0 aromatic carbocycles. The number of hydrogen-bond acceptors (Lipinski definition) is 4. The van der Waals surface area contributed by atoms with Crippen molar-refractivity contribution >= 4 is 11.7 Å². The Kier molecular flexibility index (Phi) is 6.89. The lowest BCUT2D eigenvalue weighted by molar-refractivity contribution is 0.0953. The van der Waals surface area contributed by atoms with Crippen molar-refractivity contribution in [3.05, 3.63) is 23.9 Å². The maximum Gasteiger partial charge on any atom is 0.251 e. The normalized spacial score (nSPS) is 10.5. The van der Waals surface area contributed by atoms with Crippen LogP contribution in [-0.2, 0) is 0 Å². The summed E-state index contributed by atoms with van der Waals surface area (Å²) in [5, 5.41) is 6.09. The fraction of sp³-hybridized carbons (Fsp3) is 0.571. The molecule has 19 heavy (non-hydrogen) atoms. The minimum atomic E-state index is -0.0411. The number of carbonyl (C=O) groups is 1. The quantitative estimate of drug-likeness (QED) is 0.700. The predicted molar refractivity (Wildman–Crippen MR) is 78.5 cm³/mol. The molecule has 0 spiro atoms. The molecule has 2 N–H and O–H groups in total. The zero-order valence-corrected chi connectivity index (χ0v) is 12.1. The van der Waals surface area contributed by atoms with Crippen LogP contribution < -0.4 is 10.6 Å². The van der Waals surface area contributed by atoms with Crippen LogP contribution in [0.3, 0.4) is 0 Å². The molecule has 0 radical (unpaired) electrons. The summed E-state index contributed by atoms with van der Waals surface area (Å²) < 4.78 is 0. The summed E-state index contributed by atoms with van der Waals surface area (Å²) in [4.78, 5) is 18.2. The van der Waals surface area contributed by atoms with Crippen molar-refractivity contribution in [2.45, 2.75) is 19.8 Å². The van der Waals surface area contributed by atoms with Crippen LogP contribution in [0.15, 0.2) is 18.3 Å². The Balaban J connectivity index is 2.45. The zero-order valence-electron chi connectivity index (χ0n) is 12.1. The summed E-state index contributed by atoms with van der Waals surface area (Å²) in [6.45, 7) is 4.62. The smallest absolute Gasteiger partial charge is 0.251 e. The van der Waals surface area contributed by atoms with E-state index in [1.54, 1.807) is 18.3 Å². The average Bonchev–Trinajstić information content (AvgIpc) is 2.41. The van der Waals surface area contributed by atoms with E-state index >= 15 is 0 Å². The SMILES string of the molecule is CCCNC(=O)c1ccnc(NCCCN(C)C)c1. The number of nitrogens with zero attached hydrogens (tertiary/aromatic N) is 2. The van der Waals surface area contributed by atoms with Crippen LogP contribution in [0.25, 0.3) is 0 Å². The number of rotatable bonds is 8. The second kappa shape index (κ2) is 8.48. The van der Waals surface area contributed by atoms with Crippen LogP contribution in [0.1, 0.15) is 30.1 Å². The summed E-state index contributed by atoms with van der Waals surface area (Å²) in [6.07, 6.45) is 3.64. The van der Waals surface area contributed by atoms with E-state index in [0.717, 1.165) is 31.7 Å². The average molecular weight is 264 g/mol. The predicted octanol–water partition coefficient (Wildman–Crippen LogP) is 1.58. The van der Waals surface area contributed by atoms with Crippen molar-refractivity contribution in [1.29, 1.82) is 0 Å². The number of anilines is 1. The fourth-order valence-electron chi connectivity index (χ4n) is 1.62. The number of pyridine rings is 1. The standard InChI is InChI=1S/C14H24N4O/c1-4-7-17-14(19)12-6-9-16-13(11-12)15-8-5-10-18(2)3/h6,9,11H,4-5,7-8,10H2,1-3H3,(H,15,16)(H,17,19). The first-order chi connectivity index (χ1) is 9.13. The molecular weight excluding hydrogens is 240 g/mol. The zero-order chi connectivity index (χ0) is 14.1. The maximum atomic E-state index is 11.8. The van der Waals surface area contributed by atoms with Gasteiger partial charge in [0.05, 0.1) is 0 Å². The minimum absolute atomic E-state index is 0.0411. The first kappa shape index (κ1) is 15.4. The van der Waals surface area contributed by atoms with Crippen LogP contribution in [0, 0.1) is 0 Å². The van der Waals surface area contributed by atoms with Crippen molar-refractivity contribution in [3.63, 3.8) is 0 Å². The van der Waals surface area contributed by atoms with Gasteiger partial charge in [0.25, 0.3) is 5.91 Å². The van der Waals surface area contributed by atoms with E-state index in [0.29, 0.717) is 12.1 Å². The Hall–Kier alpha value is -1.62. The molecule has 1 amide bonds. The van der Waals surface area contributed by atoms with Crippen LogP contribution in [0.2, 0.25) is 0 Å². The van der Waals surface area contributed by atoms with E-state index in [9.17, 15) is 4.79 Å². The fourth-order valence-corrected chi connectivity index (χ4v) is 1.62. The van der Waals surface area contributed by atoms with Gasteiger partial charge < -0.3 is 15.5 Å². The van der Waals surface area contributed by atoms with E-state index in [1.807, 2.05) is 6.92 Å². The van der Waals surface area contributed by atoms with Crippen molar-refractivity contribution in [2.75, 3.05) is 39.0 Å². The summed E-state index contributed by atoms with van der Waals surface area (Å²) in [5.41, 5.74) is 0.651. The molecule has 5 heteroatoms.